The molecule has 0 atom stereocenters. The van der Waals surface area contributed by atoms with Crippen LogP contribution in [0.15, 0.2) is 17.1 Å². The predicted octanol–water partition coefficient (Wildman–Crippen LogP) is 1.85. The molecule has 0 aliphatic carbocycles. The lowest BCUT2D eigenvalue weighted by molar-refractivity contribution is 0.610. The van der Waals surface area contributed by atoms with E-state index in [2.05, 4.69) is 4.98 Å². The molecule has 0 aromatic carbocycles. The maximum absolute atomic E-state index is 12.3. The third-order valence-corrected chi connectivity index (χ3v) is 1.07. The lowest BCUT2D eigenvalue weighted by Gasteiger charge is -1.89. The molecule has 2 nitrogen and oxygen atoms in total. The second kappa shape index (κ2) is 4.66. The van der Waals surface area contributed by atoms with Gasteiger partial charge in [-0.1, -0.05) is 13.8 Å². The molecule has 0 aliphatic rings. The highest BCUT2D eigenvalue weighted by Gasteiger charge is 1.93. The summed E-state index contributed by atoms with van der Waals surface area (Å²) in [5.41, 5.74) is 0.104. The normalized spacial score (nSPS) is 8.36. The van der Waals surface area contributed by atoms with E-state index < -0.39 is 0 Å². The highest BCUT2D eigenvalue weighted by atomic mass is 19.1. The van der Waals surface area contributed by atoms with Crippen LogP contribution in [0.5, 0.6) is 0 Å². The Balaban J connectivity index is 0.000000461. The van der Waals surface area contributed by atoms with Gasteiger partial charge in [0.2, 0.25) is 5.56 Å². The Morgan fingerprint density at radius 3 is 2.36 bits per heavy atom. The van der Waals surface area contributed by atoms with Gasteiger partial charge in [-0.05, 0) is 12.5 Å². The standard InChI is InChI=1S/C6H6FNO.C2H6/c1-4-2-6(9)8-3-5(4)7;1-2/h2-3H,1H3,(H,8,9);1-2H3. The number of H-pyrrole nitrogens is 1. The second-order valence-corrected chi connectivity index (χ2v) is 1.83. The molecule has 0 amide bonds. The zero-order valence-corrected chi connectivity index (χ0v) is 6.94. The highest BCUT2D eigenvalue weighted by molar-refractivity contribution is 5.09. The van der Waals surface area contributed by atoms with E-state index in [1.165, 1.54) is 6.07 Å². The molecule has 1 rings (SSSR count). The Hall–Kier alpha value is -1.12. The zero-order chi connectivity index (χ0) is 8.85. The summed E-state index contributed by atoms with van der Waals surface area (Å²) >= 11 is 0. The second-order valence-electron chi connectivity index (χ2n) is 1.83. The van der Waals surface area contributed by atoms with Gasteiger partial charge in [-0.25, -0.2) is 4.39 Å². The van der Waals surface area contributed by atoms with Crippen LogP contribution >= 0.6 is 0 Å². The summed E-state index contributed by atoms with van der Waals surface area (Å²) < 4.78 is 12.3. The third kappa shape index (κ3) is 2.98. The maximum atomic E-state index is 12.3. The van der Waals surface area contributed by atoms with Crippen molar-refractivity contribution in [3.63, 3.8) is 0 Å². The van der Waals surface area contributed by atoms with E-state index in [0.29, 0.717) is 5.56 Å². The molecule has 1 aromatic rings. The quantitative estimate of drug-likeness (QED) is 0.612. The van der Waals surface area contributed by atoms with Crippen molar-refractivity contribution in [2.45, 2.75) is 20.8 Å². The summed E-state index contributed by atoms with van der Waals surface area (Å²) in [6, 6.07) is 1.22. The van der Waals surface area contributed by atoms with Crippen molar-refractivity contribution in [2.75, 3.05) is 0 Å². The van der Waals surface area contributed by atoms with Crippen LogP contribution in [0.1, 0.15) is 19.4 Å². The van der Waals surface area contributed by atoms with Gasteiger partial charge >= 0.3 is 0 Å². The molecule has 0 fully saturated rings. The van der Waals surface area contributed by atoms with Crippen molar-refractivity contribution in [2.24, 2.45) is 0 Å². The molecule has 1 aromatic heterocycles. The molecule has 11 heavy (non-hydrogen) atoms. The van der Waals surface area contributed by atoms with Gasteiger partial charge in [-0.2, -0.15) is 0 Å². The third-order valence-electron chi connectivity index (χ3n) is 1.07. The fourth-order valence-electron chi connectivity index (χ4n) is 0.556. The number of halogens is 1. The molecular formula is C8H12FNO. The minimum Gasteiger partial charge on any atom is -0.326 e. The van der Waals surface area contributed by atoms with Crippen molar-refractivity contribution in [3.8, 4) is 0 Å². The van der Waals surface area contributed by atoms with Crippen LogP contribution in [0, 0.1) is 12.7 Å². The van der Waals surface area contributed by atoms with Crippen molar-refractivity contribution < 1.29 is 4.39 Å². The van der Waals surface area contributed by atoms with Gasteiger partial charge in [0.25, 0.3) is 0 Å². The Labute approximate surface area is 65.1 Å². The van der Waals surface area contributed by atoms with Crippen LogP contribution in [-0.2, 0) is 0 Å². The number of rotatable bonds is 0. The van der Waals surface area contributed by atoms with E-state index in [9.17, 15) is 9.18 Å². The van der Waals surface area contributed by atoms with E-state index in [1.807, 2.05) is 13.8 Å². The van der Waals surface area contributed by atoms with Crippen LogP contribution in [0.4, 0.5) is 4.39 Å². The molecule has 0 saturated heterocycles. The number of pyridine rings is 1. The molecule has 1 heterocycles. The molecule has 0 aliphatic heterocycles. The first-order valence-electron chi connectivity index (χ1n) is 3.55. The minimum atomic E-state index is -0.380. The molecule has 1 N–H and O–H groups in total. The number of aryl methyl sites for hydroxylation is 1. The van der Waals surface area contributed by atoms with Gasteiger partial charge in [0.15, 0.2) is 0 Å². The molecule has 0 radical (unpaired) electrons. The average Bonchev–Trinajstić information content (AvgIpc) is 2.02. The van der Waals surface area contributed by atoms with Crippen LogP contribution in [0.2, 0.25) is 0 Å². The Morgan fingerprint density at radius 1 is 1.45 bits per heavy atom. The molecule has 0 bridgehead atoms. The fraction of sp³-hybridized carbons (Fsp3) is 0.375. The average molecular weight is 157 g/mol. The van der Waals surface area contributed by atoms with Crippen LogP contribution in [0.3, 0.4) is 0 Å². The number of hydrogen-bond donors (Lipinski definition) is 1. The molecule has 0 unspecified atom stereocenters. The van der Waals surface area contributed by atoms with Gasteiger partial charge in [-0.3, -0.25) is 4.79 Å². The molecule has 62 valence electrons. The van der Waals surface area contributed by atoms with Crippen LogP contribution in [0.25, 0.3) is 0 Å². The van der Waals surface area contributed by atoms with E-state index in [1.54, 1.807) is 6.92 Å². The van der Waals surface area contributed by atoms with Gasteiger partial charge in [-0.15, -0.1) is 0 Å². The van der Waals surface area contributed by atoms with Gasteiger partial charge in [0, 0.05) is 12.3 Å². The summed E-state index contributed by atoms with van der Waals surface area (Å²) in [6.45, 7) is 5.55. The first-order chi connectivity index (χ1) is 5.20. The van der Waals surface area contributed by atoms with Crippen molar-refractivity contribution in [1.29, 1.82) is 0 Å². The van der Waals surface area contributed by atoms with E-state index in [0.717, 1.165) is 6.20 Å². The number of hydrogen-bond acceptors (Lipinski definition) is 1. The Bertz CT molecular complexity index is 267. The lowest BCUT2D eigenvalue weighted by atomic mass is 10.3. The monoisotopic (exact) mass is 157 g/mol. The van der Waals surface area contributed by atoms with E-state index >= 15 is 0 Å². The highest BCUT2D eigenvalue weighted by Crippen LogP contribution is 1.96. The van der Waals surface area contributed by atoms with Crippen molar-refractivity contribution >= 4 is 0 Å². The lowest BCUT2D eigenvalue weighted by Crippen LogP contribution is -2.04. The first-order valence-corrected chi connectivity index (χ1v) is 3.55. The topological polar surface area (TPSA) is 32.9 Å². The van der Waals surface area contributed by atoms with Gasteiger partial charge < -0.3 is 4.98 Å². The largest absolute Gasteiger partial charge is 0.326 e. The smallest absolute Gasteiger partial charge is 0.248 e. The fourth-order valence-corrected chi connectivity index (χ4v) is 0.556. The zero-order valence-electron chi connectivity index (χ0n) is 6.94. The summed E-state index contributed by atoms with van der Waals surface area (Å²) in [5, 5.41) is 0. The van der Waals surface area contributed by atoms with Crippen molar-refractivity contribution in [3.05, 3.63) is 34.0 Å². The molecule has 3 heteroatoms. The van der Waals surface area contributed by atoms with Gasteiger partial charge in [0.1, 0.15) is 5.82 Å². The molecule has 0 spiro atoms. The summed E-state index contributed by atoms with van der Waals surface area (Å²) in [5.74, 6) is -0.380. The first kappa shape index (κ1) is 9.88. The van der Waals surface area contributed by atoms with E-state index in [-0.39, 0.29) is 11.4 Å². The number of aromatic nitrogens is 1. The van der Waals surface area contributed by atoms with Crippen molar-refractivity contribution in [1.82, 2.24) is 4.98 Å². The van der Waals surface area contributed by atoms with Crippen LogP contribution < -0.4 is 5.56 Å². The van der Waals surface area contributed by atoms with Gasteiger partial charge in [0.05, 0.1) is 0 Å². The summed E-state index contributed by atoms with van der Waals surface area (Å²) in [7, 11) is 0. The summed E-state index contributed by atoms with van der Waals surface area (Å²) in [4.78, 5) is 12.6. The Kier molecular flexibility index (Phi) is 4.18. The maximum Gasteiger partial charge on any atom is 0.248 e. The Morgan fingerprint density at radius 2 is 2.00 bits per heavy atom. The number of nitrogens with one attached hydrogen (secondary N) is 1. The predicted molar refractivity (Wildman–Crippen MR) is 43.1 cm³/mol. The van der Waals surface area contributed by atoms with Crippen LogP contribution in [-0.4, -0.2) is 4.98 Å². The molecular weight excluding hydrogens is 145 g/mol. The SMILES string of the molecule is CC.Cc1cc(=O)[nH]cc1F. The van der Waals surface area contributed by atoms with E-state index in [4.69, 9.17) is 0 Å². The minimum absolute atomic E-state index is 0.270. The molecule has 0 saturated carbocycles. The number of aromatic amines is 1. The summed E-state index contributed by atoms with van der Waals surface area (Å²) in [6.07, 6.45) is 1.05.